The fraction of sp³-hybridized carbons (Fsp3) is 0.308. The second-order valence-electron chi connectivity index (χ2n) is 4.39. The minimum Gasteiger partial charge on any atom is -0.501 e. The number of aryl methyl sites for hydroxylation is 1. The zero-order chi connectivity index (χ0) is 14.9. The molecule has 1 aromatic carbocycles. The number of nitrogens with zero attached hydrogens (tertiary/aromatic N) is 1. The van der Waals surface area contributed by atoms with Crippen molar-refractivity contribution in [3.8, 4) is 11.5 Å². The van der Waals surface area contributed by atoms with Gasteiger partial charge in [-0.2, -0.15) is 0 Å². The van der Waals surface area contributed by atoms with Crippen molar-refractivity contribution < 1.29 is 14.8 Å². The summed E-state index contributed by atoms with van der Waals surface area (Å²) in [6.45, 7) is 4.17. The summed E-state index contributed by atoms with van der Waals surface area (Å²) in [4.78, 5) is 24.0. The van der Waals surface area contributed by atoms with Crippen LogP contribution >= 0.6 is 0 Å². The molecule has 2 N–H and O–H groups in total. The van der Waals surface area contributed by atoms with E-state index in [9.17, 15) is 20.0 Å². The van der Waals surface area contributed by atoms with Crippen LogP contribution in [0.2, 0.25) is 0 Å². The molecule has 0 amide bonds. The van der Waals surface area contributed by atoms with E-state index in [-0.39, 0.29) is 10.9 Å². The SMILES string of the molecule is CCCOc1c(C)ccc2c(O)c([N+](=O)[O-])c(=O)[nH]c12. The number of H-pyrrole nitrogens is 1. The van der Waals surface area contributed by atoms with Crippen LogP contribution in [-0.2, 0) is 0 Å². The molecule has 7 nitrogen and oxygen atoms in total. The lowest BCUT2D eigenvalue weighted by atomic mass is 10.1. The fourth-order valence-corrected chi connectivity index (χ4v) is 1.98. The molecular weight excluding hydrogens is 264 g/mol. The average molecular weight is 278 g/mol. The highest BCUT2D eigenvalue weighted by atomic mass is 16.6. The largest absolute Gasteiger partial charge is 0.501 e. The van der Waals surface area contributed by atoms with Crippen LogP contribution in [0.1, 0.15) is 18.9 Å². The van der Waals surface area contributed by atoms with Gasteiger partial charge in [-0.25, -0.2) is 0 Å². The molecule has 1 heterocycles. The molecule has 2 rings (SSSR count). The number of aromatic hydroxyl groups is 1. The third kappa shape index (κ3) is 2.18. The Morgan fingerprint density at radius 3 is 2.75 bits per heavy atom. The predicted molar refractivity (Wildman–Crippen MR) is 73.4 cm³/mol. The highest BCUT2D eigenvalue weighted by Gasteiger charge is 2.24. The first-order valence-electron chi connectivity index (χ1n) is 6.13. The maximum absolute atomic E-state index is 11.7. The number of fused-ring (bicyclic) bond motifs is 1. The van der Waals surface area contributed by atoms with Crippen LogP contribution in [0.15, 0.2) is 16.9 Å². The van der Waals surface area contributed by atoms with Crippen LogP contribution in [0.3, 0.4) is 0 Å². The van der Waals surface area contributed by atoms with Crippen LogP contribution in [0.25, 0.3) is 10.9 Å². The molecule has 0 atom stereocenters. The van der Waals surface area contributed by atoms with Gasteiger partial charge in [-0.1, -0.05) is 13.0 Å². The Balaban J connectivity index is 2.80. The molecule has 0 fully saturated rings. The molecule has 0 aliphatic carbocycles. The number of hydrogen-bond donors (Lipinski definition) is 2. The summed E-state index contributed by atoms with van der Waals surface area (Å²) in [6, 6.07) is 3.19. The maximum atomic E-state index is 11.7. The summed E-state index contributed by atoms with van der Waals surface area (Å²) in [7, 11) is 0. The van der Waals surface area contributed by atoms with Gasteiger partial charge in [-0.15, -0.1) is 0 Å². The molecular formula is C13H14N2O5. The van der Waals surface area contributed by atoms with Crippen molar-refractivity contribution in [3.63, 3.8) is 0 Å². The van der Waals surface area contributed by atoms with E-state index in [0.29, 0.717) is 12.4 Å². The van der Waals surface area contributed by atoms with E-state index < -0.39 is 21.9 Å². The Labute approximate surface area is 114 Å². The molecule has 0 aliphatic heterocycles. The first-order valence-corrected chi connectivity index (χ1v) is 6.13. The molecule has 20 heavy (non-hydrogen) atoms. The van der Waals surface area contributed by atoms with Gasteiger partial charge in [-0.3, -0.25) is 14.9 Å². The monoisotopic (exact) mass is 278 g/mol. The van der Waals surface area contributed by atoms with Crippen molar-refractivity contribution >= 4 is 16.6 Å². The van der Waals surface area contributed by atoms with Crippen LogP contribution < -0.4 is 10.3 Å². The Morgan fingerprint density at radius 2 is 2.15 bits per heavy atom. The number of benzene rings is 1. The first kappa shape index (κ1) is 13.9. The zero-order valence-electron chi connectivity index (χ0n) is 11.1. The molecule has 0 spiro atoms. The summed E-state index contributed by atoms with van der Waals surface area (Å²) < 4.78 is 5.56. The van der Waals surface area contributed by atoms with Crippen molar-refractivity contribution in [2.45, 2.75) is 20.3 Å². The van der Waals surface area contributed by atoms with E-state index in [0.717, 1.165) is 12.0 Å². The molecule has 0 radical (unpaired) electrons. The Hall–Kier alpha value is -2.57. The van der Waals surface area contributed by atoms with E-state index in [2.05, 4.69) is 4.98 Å². The number of hydrogen-bond acceptors (Lipinski definition) is 5. The lowest BCUT2D eigenvalue weighted by molar-refractivity contribution is -0.387. The number of nitrogens with one attached hydrogen (secondary N) is 1. The average Bonchev–Trinajstić information content (AvgIpc) is 2.37. The van der Waals surface area contributed by atoms with Gasteiger partial charge < -0.3 is 14.8 Å². The van der Waals surface area contributed by atoms with E-state index in [4.69, 9.17) is 4.74 Å². The second kappa shape index (κ2) is 5.20. The fourth-order valence-electron chi connectivity index (χ4n) is 1.98. The maximum Gasteiger partial charge on any atom is 0.375 e. The highest BCUT2D eigenvalue weighted by molar-refractivity contribution is 5.93. The third-order valence-corrected chi connectivity index (χ3v) is 2.92. The molecule has 106 valence electrons. The predicted octanol–water partition coefficient (Wildman–Crippen LogP) is 2.24. The number of ether oxygens (including phenoxy) is 1. The third-order valence-electron chi connectivity index (χ3n) is 2.92. The molecule has 0 saturated carbocycles. The van der Waals surface area contributed by atoms with Gasteiger partial charge in [0.2, 0.25) is 5.75 Å². The highest BCUT2D eigenvalue weighted by Crippen LogP contribution is 2.35. The molecule has 0 saturated heterocycles. The topological polar surface area (TPSA) is 105 Å². The quantitative estimate of drug-likeness (QED) is 0.659. The van der Waals surface area contributed by atoms with Crippen molar-refractivity contribution in [2.24, 2.45) is 0 Å². The first-order chi connectivity index (χ1) is 9.47. The summed E-state index contributed by atoms with van der Waals surface area (Å²) >= 11 is 0. The zero-order valence-corrected chi connectivity index (χ0v) is 11.1. The van der Waals surface area contributed by atoms with E-state index >= 15 is 0 Å². The van der Waals surface area contributed by atoms with Gasteiger partial charge in [0.1, 0.15) is 5.75 Å². The summed E-state index contributed by atoms with van der Waals surface area (Å²) in [5.74, 6) is -0.221. The van der Waals surface area contributed by atoms with Gasteiger partial charge in [-0.05, 0) is 25.0 Å². The van der Waals surface area contributed by atoms with Gasteiger partial charge in [0, 0.05) is 0 Å². The van der Waals surface area contributed by atoms with Crippen molar-refractivity contribution in [2.75, 3.05) is 6.61 Å². The molecule has 0 unspecified atom stereocenters. The van der Waals surface area contributed by atoms with Gasteiger partial charge in [0.15, 0.2) is 0 Å². The molecule has 0 bridgehead atoms. The number of rotatable bonds is 4. The summed E-state index contributed by atoms with van der Waals surface area (Å²) in [5.41, 5.74) is -0.767. The van der Waals surface area contributed by atoms with E-state index in [1.165, 1.54) is 6.07 Å². The Bertz CT molecular complexity index is 736. The van der Waals surface area contributed by atoms with Crippen molar-refractivity contribution in [3.05, 3.63) is 38.2 Å². The molecule has 7 heteroatoms. The normalized spacial score (nSPS) is 10.7. The number of pyridine rings is 1. The number of aromatic amines is 1. The molecule has 2 aromatic rings. The van der Waals surface area contributed by atoms with Crippen molar-refractivity contribution in [1.29, 1.82) is 0 Å². The van der Waals surface area contributed by atoms with E-state index in [1.54, 1.807) is 13.0 Å². The molecule has 1 aromatic heterocycles. The van der Waals surface area contributed by atoms with Gasteiger partial charge in [0.25, 0.3) is 0 Å². The second-order valence-corrected chi connectivity index (χ2v) is 4.39. The van der Waals surface area contributed by atoms with Crippen molar-refractivity contribution in [1.82, 2.24) is 4.98 Å². The standard InChI is InChI=1S/C13H14N2O5/c1-3-6-20-12-7(2)4-5-8-9(12)14-13(17)10(11(8)16)15(18)19/h4-5H,3,6H2,1-2H3,(H2,14,16,17). The van der Waals surface area contributed by atoms with Crippen LogP contribution in [0.5, 0.6) is 11.5 Å². The minimum atomic E-state index is -0.952. The lowest BCUT2D eigenvalue weighted by Gasteiger charge is -2.12. The minimum absolute atomic E-state index is 0.188. The lowest BCUT2D eigenvalue weighted by Crippen LogP contribution is -2.12. The van der Waals surface area contributed by atoms with Gasteiger partial charge >= 0.3 is 11.2 Å². The smallest absolute Gasteiger partial charge is 0.375 e. The Kier molecular flexibility index (Phi) is 3.60. The van der Waals surface area contributed by atoms with Crippen LogP contribution in [0, 0.1) is 17.0 Å². The summed E-state index contributed by atoms with van der Waals surface area (Å²) in [5, 5.41) is 20.9. The number of aromatic nitrogens is 1. The van der Waals surface area contributed by atoms with Gasteiger partial charge in [0.05, 0.1) is 22.4 Å². The van der Waals surface area contributed by atoms with Crippen LogP contribution in [0.4, 0.5) is 5.69 Å². The van der Waals surface area contributed by atoms with E-state index in [1.807, 2.05) is 6.92 Å². The van der Waals surface area contributed by atoms with Crippen LogP contribution in [-0.4, -0.2) is 21.6 Å². The number of nitro groups is 1. The molecule has 0 aliphatic rings. The summed E-state index contributed by atoms with van der Waals surface area (Å²) in [6.07, 6.45) is 0.777. The Morgan fingerprint density at radius 1 is 1.45 bits per heavy atom.